The Morgan fingerprint density at radius 1 is 1.20 bits per heavy atom. The highest BCUT2D eigenvalue weighted by atomic mass is 79.9. The summed E-state index contributed by atoms with van der Waals surface area (Å²) in [6, 6.07) is 11.5. The third-order valence-corrected chi connectivity index (χ3v) is 5.53. The molecular weight excluding hydrogens is 442 g/mol. The normalized spacial score (nSPS) is 11.6. The lowest BCUT2D eigenvalue weighted by molar-refractivity contribution is 0.703. The van der Waals surface area contributed by atoms with Crippen LogP contribution in [0.2, 0.25) is 0 Å². The first-order chi connectivity index (χ1) is 14.5. The SMILES string of the molecule is CCCc1nc2ccc(Br)cc2c(=O)n1N=Cc1cc(C)n(-c2cccnc2)c1C. The van der Waals surface area contributed by atoms with Crippen molar-refractivity contribution in [2.45, 2.75) is 33.6 Å². The van der Waals surface area contributed by atoms with E-state index in [1.165, 1.54) is 4.68 Å². The average molecular weight is 464 g/mol. The predicted octanol–water partition coefficient (Wildman–Crippen LogP) is 4.80. The van der Waals surface area contributed by atoms with Gasteiger partial charge in [-0.2, -0.15) is 9.78 Å². The zero-order valence-electron chi connectivity index (χ0n) is 17.1. The summed E-state index contributed by atoms with van der Waals surface area (Å²) in [6.45, 7) is 6.14. The number of aromatic nitrogens is 4. The van der Waals surface area contributed by atoms with Crippen molar-refractivity contribution in [3.63, 3.8) is 0 Å². The van der Waals surface area contributed by atoms with Crippen molar-refractivity contribution in [3.05, 3.63) is 86.4 Å². The molecule has 0 saturated carbocycles. The van der Waals surface area contributed by atoms with Crippen LogP contribution in [0.1, 0.15) is 36.1 Å². The Morgan fingerprint density at radius 2 is 2.03 bits per heavy atom. The lowest BCUT2D eigenvalue weighted by atomic mass is 10.2. The number of halogens is 1. The summed E-state index contributed by atoms with van der Waals surface area (Å²) in [5.74, 6) is 0.662. The standard InChI is InChI=1S/C23H22BrN5O/c1-4-6-22-27-21-9-8-18(24)12-20(21)23(30)29(22)26-13-17-11-15(2)28(16(17)3)19-7-5-10-25-14-19/h5,7-14H,4,6H2,1-3H3. The van der Waals surface area contributed by atoms with Crippen LogP contribution in [0.5, 0.6) is 0 Å². The highest BCUT2D eigenvalue weighted by molar-refractivity contribution is 9.10. The Hall–Kier alpha value is -3.06. The Labute approximate surface area is 183 Å². The molecule has 1 aromatic carbocycles. The second kappa shape index (κ2) is 8.36. The van der Waals surface area contributed by atoms with Gasteiger partial charge in [-0.25, -0.2) is 4.98 Å². The van der Waals surface area contributed by atoms with Crippen LogP contribution < -0.4 is 5.56 Å². The summed E-state index contributed by atoms with van der Waals surface area (Å²) in [7, 11) is 0. The van der Waals surface area contributed by atoms with Crippen molar-refractivity contribution in [2.75, 3.05) is 0 Å². The number of rotatable bonds is 5. The van der Waals surface area contributed by atoms with Gasteiger partial charge >= 0.3 is 0 Å². The molecular formula is C23H22BrN5O. The van der Waals surface area contributed by atoms with Crippen LogP contribution in [-0.4, -0.2) is 25.4 Å². The van der Waals surface area contributed by atoms with Crippen LogP contribution in [-0.2, 0) is 6.42 Å². The predicted molar refractivity (Wildman–Crippen MR) is 124 cm³/mol. The summed E-state index contributed by atoms with van der Waals surface area (Å²) in [4.78, 5) is 22.1. The molecule has 6 nitrogen and oxygen atoms in total. The number of nitrogens with zero attached hydrogens (tertiary/aromatic N) is 5. The first kappa shape index (κ1) is 20.2. The van der Waals surface area contributed by atoms with Gasteiger partial charge in [-0.1, -0.05) is 22.9 Å². The summed E-state index contributed by atoms with van der Waals surface area (Å²) in [6.07, 6.45) is 6.87. The Kier molecular flexibility index (Phi) is 5.63. The lowest BCUT2D eigenvalue weighted by Gasteiger charge is -2.09. The fraction of sp³-hybridized carbons (Fsp3) is 0.217. The van der Waals surface area contributed by atoms with E-state index in [1.807, 2.05) is 44.3 Å². The van der Waals surface area contributed by atoms with Crippen molar-refractivity contribution in [1.82, 2.24) is 19.2 Å². The molecule has 0 unspecified atom stereocenters. The van der Waals surface area contributed by atoms with Gasteiger partial charge in [-0.05, 0) is 56.7 Å². The molecule has 0 atom stereocenters. The molecule has 7 heteroatoms. The average Bonchev–Trinajstić information content (AvgIpc) is 3.02. The maximum Gasteiger partial charge on any atom is 0.282 e. The number of aryl methyl sites for hydroxylation is 2. The van der Waals surface area contributed by atoms with Gasteiger partial charge in [-0.15, -0.1) is 0 Å². The van der Waals surface area contributed by atoms with Crippen molar-refractivity contribution in [3.8, 4) is 5.69 Å². The fourth-order valence-corrected chi connectivity index (χ4v) is 3.98. The zero-order valence-corrected chi connectivity index (χ0v) is 18.7. The number of benzene rings is 1. The highest BCUT2D eigenvalue weighted by Gasteiger charge is 2.12. The van der Waals surface area contributed by atoms with Gasteiger partial charge in [0.05, 0.1) is 29.0 Å². The molecule has 30 heavy (non-hydrogen) atoms. The van der Waals surface area contributed by atoms with E-state index in [0.717, 1.165) is 33.5 Å². The van der Waals surface area contributed by atoms with E-state index >= 15 is 0 Å². The molecule has 152 valence electrons. The summed E-state index contributed by atoms with van der Waals surface area (Å²) < 4.78 is 4.39. The molecule has 0 bridgehead atoms. The largest absolute Gasteiger partial charge is 0.316 e. The van der Waals surface area contributed by atoms with Gasteiger partial charge in [-0.3, -0.25) is 9.78 Å². The molecule has 0 aliphatic rings. The van der Waals surface area contributed by atoms with Gasteiger partial charge in [0.1, 0.15) is 5.82 Å². The van der Waals surface area contributed by atoms with E-state index in [9.17, 15) is 4.79 Å². The van der Waals surface area contributed by atoms with Crippen molar-refractivity contribution >= 4 is 33.0 Å². The molecule has 0 saturated heterocycles. The smallest absolute Gasteiger partial charge is 0.282 e. The zero-order chi connectivity index (χ0) is 21.3. The fourth-order valence-electron chi connectivity index (χ4n) is 3.62. The van der Waals surface area contributed by atoms with E-state index in [-0.39, 0.29) is 5.56 Å². The molecule has 0 spiro atoms. The van der Waals surface area contributed by atoms with Gasteiger partial charge < -0.3 is 4.57 Å². The van der Waals surface area contributed by atoms with E-state index in [4.69, 9.17) is 0 Å². The minimum Gasteiger partial charge on any atom is -0.316 e. The van der Waals surface area contributed by atoms with Crippen molar-refractivity contribution < 1.29 is 0 Å². The summed E-state index contributed by atoms with van der Waals surface area (Å²) >= 11 is 3.44. The first-order valence-electron chi connectivity index (χ1n) is 9.84. The molecule has 0 N–H and O–H groups in total. The van der Waals surface area contributed by atoms with E-state index < -0.39 is 0 Å². The maximum absolute atomic E-state index is 13.2. The van der Waals surface area contributed by atoms with Gasteiger partial charge in [0.15, 0.2) is 0 Å². The van der Waals surface area contributed by atoms with E-state index in [0.29, 0.717) is 23.1 Å². The Balaban J connectivity index is 1.82. The highest BCUT2D eigenvalue weighted by Crippen LogP contribution is 2.20. The van der Waals surface area contributed by atoms with Gasteiger partial charge in [0.2, 0.25) is 0 Å². The van der Waals surface area contributed by atoms with E-state index in [2.05, 4.69) is 48.6 Å². The molecule has 0 amide bonds. The van der Waals surface area contributed by atoms with Crippen molar-refractivity contribution in [1.29, 1.82) is 0 Å². The Bertz CT molecular complexity index is 1300. The van der Waals surface area contributed by atoms with Gasteiger partial charge in [0.25, 0.3) is 5.56 Å². The quantitative estimate of drug-likeness (QED) is 0.399. The minimum absolute atomic E-state index is 0.165. The second-order valence-corrected chi connectivity index (χ2v) is 8.09. The molecule has 4 aromatic rings. The van der Waals surface area contributed by atoms with Gasteiger partial charge in [0, 0.05) is 34.0 Å². The molecule has 4 rings (SSSR count). The minimum atomic E-state index is -0.165. The second-order valence-electron chi connectivity index (χ2n) is 7.17. The van der Waals surface area contributed by atoms with E-state index in [1.54, 1.807) is 18.5 Å². The third kappa shape index (κ3) is 3.73. The van der Waals surface area contributed by atoms with Crippen molar-refractivity contribution in [2.24, 2.45) is 5.10 Å². The van der Waals surface area contributed by atoms with Crippen LogP contribution in [0.3, 0.4) is 0 Å². The first-order valence-corrected chi connectivity index (χ1v) is 10.6. The van der Waals surface area contributed by atoms with Crippen LogP contribution in [0.25, 0.3) is 16.6 Å². The summed E-state index contributed by atoms with van der Waals surface area (Å²) in [5, 5.41) is 5.10. The van der Waals surface area contributed by atoms with Crippen LogP contribution in [0.4, 0.5) is 0 Å². The molecule has 0 fully saturated rings. The number of hydrogen-bond donors (Lipinski definition) is 0. The topological polar surface area (TPSA) is 65.1 Å². The maximum atomic E-state index is 13.2. The Morgan fingerprint density at radius 3 is 2.77 bits per heavy atom. The molecule has 3 aromatic heterocycles. The number of pyridine rings is 1. The molecule has 3 heterocycles. The summed E-state index contributed by atoms with van der Waals surface area (Å²) in [5.41, 5.74) is 4.57. The van der Waals surface area contributed by atoms with Crippen LogP contribution in [0.15, 0.2) is 63.2 Å². The van der Waals surface area contributed by atoms with Crippen LogP contribution >= 0.6 is 15.9 Å². The molecule has 0 radical (unpaired) electrons. The molecule has 0 aliphatic carbocycles. The number of fused-ring (bicyclic) bond motifs is 1. The third-order valence-electron chi connectivity index (χ3n) is 5.04. The lowest BCUT2D eigenvalue weighted by Crippen LogP contribution is -2.22. The van der Waals surface area contributed by atoms with Crippen LogP contribution in [0, 0.1) is 13.8 Å². The molecule has 0 aliphatic heterocycles. The number of hydrogen-bond acceptors (Lipinski definition) is 4. The monoisotopic (exact) mass is 463 g/mol.